The first-order chi connectivity index (χ1) is 8.63. The summed E-state index contributed by atoms with van der Waals surface area (Å²) in [6.07, 6.45) is 0.257. The molecule has 1 aliphatic heterocycles. The van der Waals surface area contributed by atoms with E-state index in [1.807, 2.05) is 12.1 Å². The number of aromatic nitrogens is 1. The van der Waals surface area contributed by atoms with Crippen molar-refractivity contribution >= 4 is 22.5 Å². The molecule has 2 heterocycles. The second-order valence-corrected chi connectivity index (χ2v) is 4.72. The van der Waals surface area contributed by atoms with Crippen LogP contribution >= 0.6 is 0 Å². The van der Waals surface area contributed by atoms with Gasteiger partial charge in [-0.2, -0.15) is 0 Å². The molecule has 1 unspecified atom stereocenters. The number of rotatable bonds is 1. The van der Waals surface area contributed by atoms with Gasteiger partial charge in [-0.3, -0.25) is 4.79 Å². The highest BCUT2D eigenvalue weighted by molar-refractivity contribution is 5.98. The number of nitrogens with one attached hydrogen (secondary N) is 1. The zero-order valence-electron chi connectivity index (χ0n) is 9.89. The third-order valence-electron chi connectivity index (χ3n) is 3.33. The largest absolute Gasteiger partial charge is 0.399 e. The molecule has 1 aromatic heterocycles. The van der Waals surface area contributed by atoms with E-state index in [0.717, 1.165) is 10.9 Å². The van der Waals surface area contributed by atoms with Crippen LogP contribution in [0, 0.1) is 0 Å². The number of aliphatic hydroxyl groups is 1. The van der Waals surface area contributed by atoms with Crippen molar-refractivity contribution < 1.29 is 9.90 Å². The van der Waals surface area contributed by atoms with Gasteiger partial charge >= 0.3 is 0 Å². The van der Waals surface area contributed by atoms with Gasteiger partial charge in [0.25, 0.3) is 5.91 Å². The third kappa shape index (κ3) is 1.82. The first-order valence-electron chi connectivity index (χ1n) is 5.99. The summed E-state index contributed by atoms with van der Waals surface area (Å²) in [5.74, 6) is -0.0682. The fourth-order valence-electron chi connectivity index (χ4n) is 2.36. The third-order valence-corrected chi connectivity index (χ3v) is 3.33. The van der Waals surface area contributed by atoms with Gasteiger partial charge in [0.1, 0.15) is 5.69 Å². The van der Waals surface area contributed by atoms with Gasteiger partial charge in [-0.25, -0.2) is 0 Å². The molecule has 1 aliphatic rings. The summed E-state index contributed by atoms with van der Waals surface area (Å²) in [5.41, 5.74) is 7.83. The Morgan fingerprint density at radius 3 is 3.00 bits per heavy atom. The molecule has 0 bridgehead atoms. The van der Waals surface area contributed by atoms with E-state index >= 15 is 0 Å². The van der Waals surface area contributed by atoms with Crippen LogP contribution in [0.4, 0.5) is 5.69 Å². The SMILES string of the molecule is Nc1ccc2[nH]c(C(=O)N3CCC(O)C3)cc2c1. The van der Waals surface area contributed by atoms with E-state index in [4.69, 9.17) is 5.73 Å². The Hall–Kier alpha value is -2.01. The highest BCUT2D eigenvalue weighted by atomic mass is 16.3. The lowest BCUT2D eigenvalue weighted by atomic mass is 10.2. The van der Waals surface area contributed by atoms with Crippen molar-refractivity contribution in [1.82, 2.24) is 9.88 Å². The quantitative estimate of drug-likeness (QED) is 0.654. The molecule has 4 N–H and O–H groups in total. The van der Waals surface area contributed by atoms with E-state index in [1.54, 1.807) is 17.0 Å². The molecular weight excluding hydrogens is 230 g/mol. The van der Waals surface area contributed by atoms with Crippen LogP contribution in [0.2, 0.25) is 0 Å². The topological polar surface area (TPSA) is 82.4 Å². The maximum atomic E-state index is 12.2. The van der Waals surface area contributed by atoms with Crippen LogP contribution < -0.4 is 5.73 Å². The Labute approximate surface area is 104 Å². The summed E-state index contributed by atoms with van der Waals surface area (Å²) < 4.78 is 0. The number of nitrogens with two attached hydrogens (primary N) is 1. The standard InChI is InChI=1S/C13H15N3O2/c14-9-1-2-11-8(5-9)6-12(15-11)13(18)16-4-3-10(17)7-16/h1-2,5-6,10,15,17H,3-4,7,14H2. The van der Waals surface area contributed by atoms with Gasteiger partial charge in [0.15, 0.2) is 0 Å². The minimum Gasteiger partial charge on any atom is -0.399 e. The van der Waals surface area contributed by atoms with Crippen molar-refractivity contribution in [2.45, 2.75) is 12.5 Å². The van der Waals surface area contributed by atoms with Crippen LogP contribution in [0.25, 0.3) is 10.9 Å². The average Bonchev–Trinajstić information content (AvgIpc) is 2.93. The molecule has 1 saturated heterocycles. The number of carbonyl (C=O) groups is 1. The number of benzene rings is 1. The molecule has 18 heavy (non-hydrogen) atoms. The van der Waals surface area contributed by atoms with Crippen molar-refractivity contribution in [1.29, 1.82) is 0 Å². The van der Waals surface area contributed by atoms with E-state index in [1.165, 1.54) is 0 Å². The number of carbonyl (C=O) groups excluding carboxylic acids is 1. The van der Waals surface area contributed by atoms with Crippen molar-refractivity contribution in [3.63, 3.8) is 0 Å². The first kappa shape index (κ1) is 11.1. The Kier molecular flexibility index (Phi) is 2.48. The van der Waals surface area contributed by atoms with Crippen LogP contribution in [0.5, 0.6) is 0 Å². The van der Waals surface area contributed by atoms with Crippen molar-refractivity contribution in [3.8, 4) is 0 Å². The molecule has 1 atom stereocenters. The number of aromatic amines is 1. The maximum absolute atomic E-state index is 12.2. The molecule has 5 heteroatoms. The number of amides is 1. The van der Waals surface area contributed by atoms with Crippen LogP contribution in [0.15, 0.2) is 24.3 Å². The zero-order chi connectivity index (χ0) is 12.7. The second kappa shape index (κ2) is 4.03. The molecule has 0 radical (unpaired) electrons. The van der Waals surface area contributed by atoms with Gasteiger partial charge in [0, 0.05) is 29.7 Å². The van der Waals surface area contributed by atoms with Gasteiger partial charge in [-0.1, -0.05) is 0 Å². The number of nitrogens with zero attached hydrogens (tertiary/aromatic N) is 1. The molecule has 94 valence electrons. The number of nitrogen functional groups attached to an aromatic ring is 1. The van der Waals surface area contributed by atoms with Crippen LogP contribution in [-0.2, 0) is 0 Å². The first-order valence-corrected chi connectivity index (χ1v) is 5.99. The molecule has 3 rings (SSSR count). The van der Waals surface area contributed by atoms with Gasteiger partial charge < -0.3 is 20.7 Å². The van der Waals surface area contributed by atoms with Crippen molar-refractivity contribution in [2.24, 2.45) is 0 Å². The van der Waals surface area contributed by atoms with E-state index in [9.17, 15) is 9.90 Å². The minimum atomic E-state index is -0.394. The highest BCUT2D eigenvalue weighted by Gasteiger charge is 2.26. The maximum Gasteiger partial charge on any atom is 0.270 e. The number of aliphatic hydroxyl groups excluding tert-OH is 1. The average molecular weight is 245 g/mol. The normalized spacial score (nSPS) is 19.6. The van der Waals surface area contributed by atoms with Crippen LogP contribution in [0.3, 0.4) is 0 Å². The van der Waals surface area contributed by atoms with Crippen LogP contribution in [0.1, 0.15) is 16.9 Å². The van der Waals surface area contributed by atoms with E-state index in [-0.39, 0.29) is 5.91 Å². The predicted octanol–water partition coefficient (Wildman–Crippen LogP) is 0.957. The molecular formula is C13H15N3O2. The zero-order valence-corrected chi connectivity index (χ0v) is 9.89. The van der Waals surface area contributed by atoms with Gasteiger partial charge in [-0.15, -0.1) is 0 Å². The summed E-state index contributed by atoms with van der Waals surface area (Å²) in [6, 6.07) is 7.30. The number of β-amino-alcohol motifs (C(OH)–C–C–N with tert-alkyl or cyclic N) is 1. The lowest BCUT2D eigenvalue weighted by Gasteiger charge is -2.13. The van der Waals surface area contributed by atoms with E-state index < -0.39 is 6.10 Å². The van der Waals surface area contributed by atoms with E-state index in [2.05, 4.69) is 4.98 Å². The minimum absolute atomic E-state index is 0.0682. The number of hydrogen-bond donors (Lipinski definition) is 3. The summed E-state index contributed by atoms with van der Waals surface area (Å²) in [5, 5.41) is 10.4. The Morgan fingerprint density at radius 2 is 2.28 bits per heavy atom. The monoisotopic (exact) mass is 245 g/mol. The predicted molar refractivity (Wildman–Crippen MR) is 69.2 cm³/mol. The smallest absolute Gasteiger partial charge is 0.270 e. The van der Waals surface area contributed by atoms with Gasteiger partial charge in [-0.05, 0) is 30.7 Å². The molecule has 1 aromatic carbocycles. The summed E-state index contributed by atoms with van der Waals surface area (Å²) in [6.45, 7) is 1.02. The second-order valence-electron chi connectivity index (χ2n) is 4.72. The molecule has 5 nitrogen and oxygen atoms in total. The number of fused-ring (bicyclic) bond motifs is 1. The molecule has 0 aliphatic carbocycles. The Bertz CT molecular complexity index is 605. The number of anilines is 1. The van der Waals surface area contributed by atoms with Crippen LogP contribution in [-0.4, -0.2) is 40.1 Å². The number of hydrogen-bond acceptors (Lipinski definition) is 3. The number of H-pyrrole nitrogens is 1. The number of likely N-dealkylation sites (tertiary alicyclic amines) is 1. The lowest BCUT2D eigenvalue weighted by Crippen LogP contribution is -2.29. The molecule has 1 amide bonds. The van der Waals surface area contributed by atoms with Crippen molar-refractivity contribution in [3.05, 3.63) is 30.0 Å². The fourth-order valence-corrected chi connectivity index (χ4v) is 2.36. The van der Waals surface area contributed by atoms with E-state index in [0.29, 0.717) is 30.9 Å². The highest BCUT2D eigenvalue weighted by Crippen LogP contribution is 2.20. The Morgan fingerprint density at radius 1 is 1.44 bits per heavy atom. The molecule has 0 spiro atoms. The summed E-state index contributed by atoms with van der Waals surface area (Å²) in [4.78, 5) is 17.0. The Balaban J connectivity index is 1.92. The fraction of sp³-hybridized carbons (Fsp3) is 0.308. The molecule has 0 saturated carbocycles. The lowest BCUT2D eigenvalue weighted by molar-refractivity contribution is 0.0760. The summed E-state index contributed by atoms with van der Waals surface area (Å²) in [7, 11) is 0. The van der Waals surface area contributed by atoms with Crippen molar-refractivity contribution in [2.75, 3.05) is 18.8 Å². The van der Waals surface area contributed by atoms with Gasteiger partial charge in [0.05, 0.1) is 6.10 Å². The van der Waals surface area contributed by atoms with Gasteiger partial charge in [0.2, 0.25) is 0 Å². The summed E-state index contributed by atoms with van der Waals surface area (Å²) >= 11 is 0. The molecule has 1 fully saturated rings. The molecule has 2 aromatic rings.